The van der Waals surface area contributed by atoms with Crippen molar-refractivity contribution in [1.82, 2.24) is 14.5 Å². The topological polar surface area (TPSA) is 88.8 Å². The highest BCUT2D eigenvalue weighted by molar-refractivity contribution is 5.45. The van der Waals surface area contributed by atoms with Crippen LogP contribution in [0.5, 0.6) is 11.5 Å². The summed E-state index contributed by atoms with van der Waals surface area (Å²) in [4.78, 5) is 19.0. The lowest BCUT2D eigenvalue weighted by molar-refractivity contribution is -0.0299. The molecule has 2 aliphatic rings. The molecule has 0 saturated carbocycles. The van der Waals surface area contributed by atoms with Gasteiger partial charge in [-0.15, -0.1) is 0 Å². The number of likely N-dealkylation sites (tertiary alicyclic amines) is 1. The average Bonchev–Trinajstić information content (AvgIpc) is 2.71. The number of aromatic nitrogens is 2. The molecule has 150 valence electrons. The predicted octanol–water partition coefficient (Wildman–Crippen LogP) is 1.08. The van der Waals surface area contributed by atoms with Crippen molar-refractivity contribution < 1.29 is 14.6 Å². The molecule has 2 aliphatic heterocycles. The second kappa shape index (κ2) is 7.81. The Morgan fingerprint density at radius 1 is 1.18 bits per heavy atom. The van der Waals surface area contributed by atoms with Crippen LogP contribution in [0.4, 0.5) is 5.82 Å². The first-order valence-corrected chi connectivity index (χ1v) is 9.61. The molecule has 4 rings (SSSR count). The molecule has 0 amide bonds. The Bertz CT molecular complexity index is 890. The van der Waals surface area contributed by atoms with Crippen LogP contribution in [0.2, 0.25) is 0 Å². The number of hydrogen-bond acceptors (Lipinski definition) is 7. The molecule has 8 nitrogen and oxygen atoms in total. The number of benzene rings is 1. The van der Waals surface area contributed by atoms with E-state index in [1.807, 2.05) is 25.2 Å². The molecule has 0 aliphatic carbocycles. The molecular formula is C20H26N4O4. The van der Waals surface area contributed by atoms with Gasteiger partial charge in [0.15, 0.2) is 11.5 Å². The van der Waals surface area contributed by atoms with Crippen molar-refractivity contribution in [2.24, 2.45) is 0 Å². The minimum atomic E-state index is -0.849. The lowest BCUT2D eigenvalue weighted by Gasteiger charge is -2.36. The van der Waals surface area contributed by atoms with Gasteiger partial charge in [0.05, 0.1) is 18.5 Å². The zero-order valence-corrected chi connectivity index (χ0v) is 16.1. The predicted molar refractivity (Wildman–Crippen MR) is 105 cm³/mol. The van der Waals surface area contributed by atoms with Gasteiger partial charge in [0.25, 0.3) is 5.56 Å². The quantitative estimate of drug-likeness (QED) is 0.795. The third-order valence-electron chi connectivity index (χ3n) is 5.34. The number of piperidine rings is 1. The van der Waals surface area contributed by atoms with E-state index >= 15 is 0 Å². The maximum absolute atomic E-state index is 12.4. The number of anilines is 1. The van der Waals surface area contributed by atoms with Gasteiger partial charge in [-0.05, 0) is 37.6 Å². The molecule has 2 N–H and O–H groups in total. The van der Waals surface area contributed by atoms with Crippen LogP contribution in [0.25, 0.3) is 0 Å². The third-order valence-corrected chi connectivity index (χ3v) is 5.34. The highest BCUT2D eigenvalue weighted by Gasteiger charge is 2.31. The Hall–Kier alpha value is -2.58. The molecule has 0 unspecified atom stereocenters. The maximum atomic E-state index is 12.4. The molecule has 0 atom stereocenters. The molecule has 1 saturated heterocycles. The zero-order valence-electron chi connectivity index (χ0n) is 16.1. The number of nitrogens with zero attached hydrogens (tertiary/aromatic N) is 3. The number of rotatable bonds is 5. The summed E-state index contributed by atoms with van der Waals surface area (Å²) in [5.41, 5.74) is -0.0130. The van der Waals surface area contributed by atoms with Crippen LogP contribution in [0, 0.1) is 0 Å². The smallest absolute Gasteiger partial charge is 0.255 e. The summed E-state index contributed by atoms with van der Waals surface area (Å²) >= 11 is 0. The van der Waals surface area contributed by atoms with Gasteiger partial charge >= 0.3 is 0 Å². The highest BCUT2D eigenvalue weighted by Crippen LogP contribution is 2.30. The Balaban J connectivity index is 1.39. The van der Waals surface area contributed by atoms with Crippen molar-refractivity contribution in [2.75, 3.05) is 38.7 Å². The van der Waals surface area contributed by atoms with Crippen LogP contribution in [0.1, 0.15) is 18.4 Å². The fourth-order valence-corrected chi connectivity index (χ4v) is 3.54. The van der Waals surface area contributed by atoms with Crippen LogP contribution in [-0.4, -0.2) is 58.5 Å². The van der Waals surface area contributed by atoms with E-state index in [0.29, 0.717) is 38.4 Å². The number of ether oxygens (including phenoxy) is 2. The lowest BCUT2D eigenvalue weighted by atomic mass is 9.91. The molecule has 1 aromatic carbocycles. The number of nitrogens with one attached hydrogen (secondary N) is 1. The van der Waals surface area contributed by atoms with Gasteiger partial charge < -0.3 is 24.8 Å². The first-order chi connectivity index (χ1) is 13.5. The number of aliphatic hydroxyl groups is 1. The lowest BCUT2D eigenvalue weighted by Crippen LogP contribution is -2.46. The van der Waals surface area contributed by atoms with Crippen LogP contribution in [0.3, 0.4) is 0 Å². The number of fused-ring (bicyclic) bond motifs is 1. The Morgan fingerprint density at radius 3 is 2.68 bits per heavy atom. The SMILES string of the molecule is CN1CCC(O)(Cn2cnc(NCc3ccc4c(c3)OCCO4)cc2=O)CC1. The average molecular weight is 386 g/mol. The second-order valence-corrected chi connectivity index (χ2v) is 7.60. The van der Waals surface area contributed by atoms with Crippen LogP contribution in [-0.2, 0) is 13.1 Å². The molecule has 3 heterocycles. The zero-order chi connectivity index (χ0) is 19.6. The van der Waals surface area contributed by atoms with Gasteiger partial charge in [-0.2, -0.15) is 0 Å². The molecule has 2 aromatic rings. The fourth-order valence-electron chi connectivity index (χ4n) is 3.54. The Morgan fingerprint density at radius 2 is 1.93 bits per heavy atom. The minimum absolute atomic E-state index is 0.174. The molecule has 0 bridgehead atoms. The van der Waals surface area contributed by atoms with Gasteiger partial charge in [-0.1, -0.05) is 6.07 Å². The van der Waals surface area contributed by atoms with E-state index in [4.69, 9.17) is 9.47 Å². The molecule has 0 spiro atoms. The summed E-state index contributed by atoms with van der Waals surface area (Å²) in [5, 5.41) is 13.9. The monoisotopic (exact) mass is 386 g/mol. The Kier molecular flexibility index (Phi) is 5.23. The Labute approximate surface area is 163 Å². The summed E-state index contributed by atoms with van der Waals surface area (Å²) in [6, 6.07) is 7.24. The van der Waals surface area contributed by atoms with Gasteiger partial charge in [0.1, 0.15) is 19.0 Å². The molecule has 28 heavy (non-hydrogen) atoms. The first kappa shape index (κ1) is 18.8. The van der Waals surface area contributed by atoms with Crippen molar-refractivity contribution in [1.29, 1.82) is 0 Å². The van der Waals surface area contributed by atoms with Gasteiger partial charge in [0.2, 0.25) is 0 Å². The largest absolute Gasteiger partial charge is 0.486 e. The van der Waals surface area contributed by atoms with Crippen molar-refractivity contribution >= 4 is 5.82 Å². The summed E-state index contributed by atoms with van der Waals surface area (Å²) in [5.74, 6) is 1.99. The van der Waals surface area contributed by atoms with Crippen LogP contribution < -0.4 is 20.3 Å². The van der Waals surface area contributed by atoms with Crippen molar-refractivity contribution in [3.63, 3.8) is 0 Å². The number of hydrogen-bond donors (Lipinski definition) is 2. The van der Waals surface area contributed by atoms with E-state index in [1.54, 1.807) is 0 Å². The van der Waals surface area contributed by atoms with Crippen molar-refractivity contribution in [2.45, 2.75) is 31.5 Å². The maximum Gasteiger partial charge on any atom is 0.255 e. The summed E-state index contributed by atoms with van der Waals surface area (Å²) in [7, 11) is 2.04. The van der Waals surface area contributed by atoms with Crippen molar-refractivity contribution in [3.8, 4) is 11.5 Å². The second-order valence-electron chi connectivity index (χ2n) is 7.60. The van der Waals surface area contributed by atoms with E-state index in [0.717, 1.165) is 30.2 Å². The van der Waals surface area contributed by atoms with Crippen molar-refractivity contribution in [3.05, 3.63) is 46.5 Å². The van der Waals surface area contributed by atoms with Gasteiger partial charge in [-0.25, -0.2) is 4.98 Å². The summed E-state index contributed by atoms with van der Waals surface area (Å²) in [6.07, 6.45) is 2.81. The third kappa shape index (κ3) is 4.28. The summed E-state index contributed by atoms with van der Waals surface area (Å²) in [6.45, 7) is 3.56. The fraction of sp³-hybridized carbons (Fsp3) is 0.500. The molecular weight excluding hydrogens is 360 g/mol. The molecule has 8 heteroatoms. The van der Waals surface area contributed by atoms with E-state index < -0.39 is 5.60 Å². The van der Waals surface area contributed by atoms with E-state index in [-0.39, 0.29) is 12.1 Å². The summed E-state index contributed by atoms with van der Waals surface area (Å²) < 4.78 is 12.6. The minimum Gasteiger partial charge on any atom is -0.486 e. The van der Waals surface area contributed by atoms with E-state index in [9.17, 15) is 9.90 Å². The van der Waals surface area contributed by atoms with Crippen LogP contribution in [0.15, 0.2) is 35.4 Å². The first-order valence-electron chi connectivity index (χ1n) is 9.61. The van der Waals surface area contributed by atoms with E-state index in [2.05, 4.69) is 15.2 Å². The normalized spacial score (nSPS) is 18.6. The van der Waals surface area contributed by atoms with E-state index in [1.165, 1.54) is 17.0 Å². The standard InChI is InChI=1S/C20H26N4O4/c1-23-6-4-20(26,5-7-23)13-24-14-22-18(11-19(24)25)21-12-15-2-3-16-17(10-15)28-9-8-27-16/h2-3,10-11,14,21,26H,4-9,12-13H2,1H3. The molecule has 1 aromatic heterocycles. The molecule has 1 fully saturated rings. The van der Waals surface area contributed by atoms with Crippen LogP contribution >= 0.6 is 0 Å². The molecule has 0 radical (unpaired) electrons. The van der Waals surface area contributed by atoms with Gasteiger partial charge in [-0.3, -0.25) is 9.36 Å². The van der Waals surface area contributed by atoms with Gasteiger partial charge in [0, 0.05) is 25.7 Å². The highest BCUT2D eigenvalue weighted by atomic mass is 16.6.